The Morgan fingerprint density at radius 3 is 1.51 bits per heavy atom. The molecule has 0 aliphatic carbocycles. The topological polar surface area (TPSA) is 397 Å². The molecule has 32 heteroatoms. The van der Waals surface area contributed by atoms with Crippen molar-refractivity contribution in [3.05, 3.63) is 116 Å². The van der Waals surface area contributed by atoms with Crippen LogP contribution in [-0.4, -0.2) is 89.5 Å². The molecule has 12 N–H and O–H groups in total. The fraction of sp³-hybridized carbons (Fsp3) is 0.0476. The number of fused-ring (bicyclic) bond motifs is 2. The van der Waals surface area contributed by atoms with Gasteiger partial charge in [0.25, 0.3) is 32.1 Å². The van der Waals surface area contributed by atoms with E-state index in [0.717, 1.165) is 56.7 Å². The van der Waals surface area contributed by atoms with Gasteiger partial charge < -0.3 is 57.6 Å². The quantitative estimate of drug-likeness (QED) is 0.0355. The highest BCUT2D eigenvalue weighted by Gasteiger charge is 2.30. The number of carbonyl (C=O) groups is 2. The van der Waals surface area contributed by atoms with Crippen LogP contribution in [0.1, 0.15) is 20.7 Å². The van der Waals surface area contributed by atoms with E-state index in [1.54, 1.807) is 0 Å². The molecule has 0 aliphatic heterocycles. The Labute approximate surface area is 439 Å². The Hall–Kier alpha value is -6.16. The second-order valence-corrected chi connectivity index (χ2v) is 22.4. The molecule has 0 atom stereocenters. The number of methoxy groups -OCH3 is 2. The van der Waals surface area contributed by atoms with E-state index in [2.05, 4.69) is 31.1 Å². The number of carbonyl (C=O) groups excluding carboxylic acids is 2. The van der Waals surface area contributed by atoms with E-state index in [-0.39, 0.29) is 54.1 Å². The smallest absolute Gasteiger partial charge is 0.296 e. The first-order chi connectivity index (χ1) is 34.4. The van der Waals surface area contributed by atoms with Gasteiger partial charge in [0.1, 0.15) is 60.9 Å². The van der Waals surface area contributed by atoms with Gasteiger partial charge in [-0.05, 0) is 77.5 Å². The molecular formula is C42H32Cl4N6O18S4. The zero-order chi connectivity index (χ0) is 54.6. The predicted molar refractivity (Wildman–Crippen MR) is 275 cm³/mol. The molecule has 0 spiro atoms. The van der Waals surface area contributed by atoms with Crippen molar-refractivity contribution in [1.29, 1.82) is 0 Å². The molecule has 24 nitrogen and oxygen atoms in total. The second kappa shape index (κ2) is 20.9. The number of hydrogen-bond donors (Lipinski definition) is 12. The minimum absolute atomic E-state index is 0.0317. The summed E-state index contributed by atoms with van der Waals surface area (Å²) in [7, 11) is -17.7. The van der Waals surface area contributed by atoms with Gasteiger partial charge in [-0.25, -0.2) is 0 Å². The number of phenolic OH excluding ortho intramolecular Hbond substituents is 2. The zero-order valence-corrected chi connectivity index (χ0v) is 43.0. The van der Waals surface area contributed by atoms with E-state index in [4.69, 9.17) is 55.9 Å². The van der Waals surface area contributed by atoms with Gasteiger partial charge in [0.2, 0.25) is 0 Å². The molecule has 0 unspecified atom stereocenters. The van der Waals surface area contributed by atoms with Crippen LogP contribution in [0.15, 0.2) is 125 Å². The number of halogens is 4. The van der Waals surface area contributed by atoms with E-state index >= 15 is 0 Å². The third-order valence-electron chi connectivity index (χ3n) is 10.3. The highest BCUT2D eigenvalue weighted by molar-refractivity contribution is 8.19. The van der Waals surface area contributed by atoms with Crippen molar-refractivity contribution in [3.8, 4) is 23.0 Å². The summed E-state index contributed by atoms with van der Waals surface area (Å²) in [6.07, 6.45) is 0. The normalized spacial score (nSPS) is 12.9. The van der Waals surface area contributed by atoms with Gasteiger partial charge in [-0.15, -0.1) is 20.5 Å². The monoisotopic (exact) mass is 1180 g/mol. The van der Waals surface area contributed by atoms with Crippen LogP contribution in [0, 0.1) is 0 Å². The van der Waals surface area contributed by atoms with Crippen LogP contribution in [0.3, 0.4) is 0 Å². The number of hydrogen-bond acceptors (Lipinski definition) is 20. The van der Waals surface area contributed by atoms with Gasteiger partial charge in [0.15, 0.2) is 11.5 Å². The van der Waals surface area contributed by atoms with E-state index < -0.39 is 129 Å². The molecule has 0 fully saturated rings. The van der Waals surface area contributed by atoms with Gasteiger partial charge in [-0.1, -0.05) is 52.5 Å². The standard InChI is InChI=1S/C42H32Cl4N6O18S4/c1-69-30-16-27(50-52-38-33(74(66,67)68)12-19-9-21(72(60,61)62)14-29(35(19)40(38)54)48-42(56)22-4-3-5-24(44)36(22)46)31(70-2)15-26(30)49-51-37-32(73(63,64)65)11-18-8-20(71(57,58)59)13-28(34(18)39(37)53)47-41(55)17-6-7-23(43)25(45)10-17/h3-16,53-54,60-65H,1-2H3,(H,47,55)(H,48,56)(H,57,58,59)(H,66,67,68). The third kappa shape index (κ3) is 11.5. The lowest BCUT2D eigenvalue weighted by Gasteiger charge is -2.23. The van der Waals surface area contributed by atoms with Crippen molar-refractivity contribution in [1.82, 2.24) is 0 Å². The van der Waals surface area contributed by atoms with E-state index in [9.17, 15) is 73.1 Å². The van der Waals surface area contributed by atoms with Gasteiger partial charge in [-0.2, -0.15) is 16.8 Å². The Balaban J connectivity index is 1.36. The molecule has 2 amide bonds. The van der Waals surface area contributed by atoms with Gasteiger partial charge in [-0.3, -0.25) is 18.7 Å². The molecule has 0 bridgehead atoms. The largest absolute Gasteiger partial charge is 0.505 e. The zero-order valence-electron chi connectivity index (χ0n) is 36.8. The Bertz CT molecular complexity index is 3820. The van der Waals surface area contributed by atoms with Crippen molar-refractivity contribution < 1.29 is 82.5 Å². The Kier molecular flexibility index (Phi) is 15.7. The van der Waals surface area contributed by atoms with Crippen molar-refractivity contribution in [2.75, 3.05) is 24.9 Å². The van der Waals surface area contributed by atoms with Crippen LogP contribution in [0.4, 0.5) is 34.1 Å². The van der Waals surface area contributed by atoms with E-state index in [1.807, 2.05) is 0 Å². The number of anilines is 2. The van der Waals surface area contributed by atoms with Crippen molar-refractivity contribution >= 4 is 156 Å². The summed E-state index contributed by atoms with van der Waals surface area (Å²) in [6.45, 7) is 0. The fourth-order valence-corrected chi connectivity index (χ4v) is 10.1. The Morgan fingerprint density at radius 1 is 0.527 bits per heavy atom. The molecular weight excluding hydrogens is 1150 g/mol. The average molecular weight is 1180 g/mol. The molecule has 7 aromatic carbocycles. The van der Waals surface area contributed by atoms with Crippen LogP contribution in [0.5, 0.6) is 23.0 Å². The second-order valence-electron chi connectivity index (χ2n) is 15.0. The summed E-state index contributed by atoms with van der Waals surface area (Å²) < 4.78 is 143. The molecule has 7 rings (SSSR count). The van der Waals surface area contributed by atoms with Crippen molar-refractivity contribution in [2.45, 2.75) is 19.6 Å². The maximum absolute atomic E-state index is 13.5. The summed E-state index contributed by atoms with van der Waals surface area (Å²) in [6, 6.07) is 14.5. The number of amides is 2. The lowest BCUT2D eigenvalue weighted by Crippen LogP contribution is -2.13. The molecule has 390 valence electrons. The summed E-state index contributed by atoms with van der Waals surface area (Å²) >= 11 is 24.3. The van der Waals surface area contributed by atoms with Crippen LogP contribution >= 0.6 is 68.1 Å². The molecule has 0 aliphatic rings. The van der Waals surface area contributed by atoms with Crippen LogP contribution in [-0.2, 0) is 20.2 Å². The number of rotatable bonds is 14. The SMILES string of the molecule is COc1cc(N=Nc2c(S(=O)(=O)O)cc3cc(S(O)(O)O)cc(NC(=O)c4cccc(Cl)c4Cl)c3c2O)c(OC)cc1N=Nc1c(S(O)(O)O)cc2cc(S(=O)(=O)O)cc(NC(=O)c3ccc(Cl)c(Cl)c3)c2c1O. The number of nitrogens with one attached hydrogen (secondary N) is 2. The first-order valence-electron chi connectivity index (χ1n) is 19.7. The number of nitrogens with zero attached hydrogens (tertiary/aromatic N) is 4. The molecule has 7 aromatic rings. The first-order valence-corrected chi connectivity index (χ1v) is 27.1. The fourth-order valence-electron chi connectivity index (χ4n) is 6.95. The molecule has 0 radical (unpaired) electrons. The maximum Gasteiger partial charge on any atom is 0.296 e. The summed E-state index contributed by atoms with van der Waals surface area (Å²) in [5.41, 5.74) is -3.78. The molecule has 0 heterocycles. The minimum atomic E-state index is -5.36. The minimum Gasteiger partial charge on any atom is -0.505 e. The van der Waals surface area contributed by atoms with Gasteiger partial charge in [0.05, 0.1) is 65.9 Å². The maximum atomic E-state index is 13.5. The Morgan fingerprint density at radius 2 is 1.03 bits per heavy atom. The average Bonchev–Trinajstić information content (AvgIpc) is 3.30. The lowest BCUT2D eigenvalue weighted by molar-refractivity contribution is 0.101. The van der Waals surface area contributed by atoms with Crippen LogP contribution in [0.25, 0.3) is 21.5 Å². The highest BCUT2D eigenvalue weighted by atomic mass is 35.5. The van der Waals surface area contributed by atoms with E-state index in [1.165, 1.54) is 36.4 Å². The van der Waals surface area contributed by atoms with Gasteiger partial charge >= 0.3 is 0 Å². The van der Waals surface area contributed by atoms with E-state index in [0.29, 0.717) is 6.07 Å². The molecule has 74 heavy (non-hydrogen) atoms. The number of phenols is 2. The van der Waals surface area contributed by atoms with Crippen LogP contribution < -0.4 is 20.1 Å². The highest BCUT2D eigenvalue weighted by Crippen LogP contribution is 2.56. The summed E-state index contributed by atoms with van der Waals surface area (Å²) in [5.74, 6) is -4.61. The molecule has 0 saturated heterocycles. The molecule has 0 aromatic heterocycles. The molecule has 0 saturated carbocycles. The first kappa shape index (κ1) is 55.6. The lowest BCUT2D eigenvalue weighted by atomic mass is 10.1. The predicted octanol–water partition coefficient (Wildman–Crippen LogP) is 13.0. The van der Waals surface area contributed by atoms with Crippen molar-refractivity contribution in [2.24, 2.45) is 20.5 Å². The van der Waals surface area contributed by atoms with Crippen LogP contribution in [0.2, 0.25) is 20.1 Å². The van der Waals surface area contributed by atoms with Gasteiger partial charge in [0, 0.05) is 28.5 Å². The van der Waals surface area contributed by atoms with Crippen molar-refractivity contribution in [3.63, 3.8) is 0 Å². The summed E-state index contributed by atoms with van der Waals surface area (Å²) in [4.78, 5) is 23.2. The summed E-state index contributed by atoms with van der Waals surface area (Å²) in [5, 5.41) is 42.1. The number of ether oxygens (including phenoxy) is 2. The number of azo groups is 2. The third-order valence-corrected chi connectivity index (χ3v) is 15.3. The number of aromatic hydroxyl groups is 2. The number of benzene rings is 7.